The van der Waals surface area contributed by atoms with Crippen molar-refractivity contribution >= 4 is 51.6 Å². The summed E-state index contributed by atoms with van der Waals surface area (Å²) in [4.78, 5) is 17.4. The van der Waals surface area contributed by atoms with Crippen molar-refractivity contribution in [2.75, 3.05) is 5.32 Å². The number of carbonyl (C=O) groups is 1. The lowest BCUT2D eigenvalue weighted by atomic mass is 9.49. The molecule has 7 rings (SSSR count). The van der Waals surface area contributed by atoms with Gasteiger partial charge in [0.15, 0.2) is 10.7 Å². The first-order chi connectivity index (χ1) is 15.9. The Bertz CT molecular complexity index is 1220. The third kappa shape index (κ3) is 4.15. The van der Waals surface area contributed by atoms with E-state index in [1.165, 1.54) is 38.5 Å². The van der Waals surface area contributed by atoms with E-state index in [4.69, 9.17) is 28.2 Å². The number of carbonyl (C=O) groups excluding carboxylic acids is 1. The number of halogens is 1. The first-order valence-corrected chi connectivity index (χ1v) is 12.5. The van der Waals surface area contributed by atoms with Gasteiger partial charge in [0.25, 0.3) is 0 Å². The highest BCUT2D eigenvalue weighted by Crippen LogP contribution is 2.61. The van der Waals surface area contributed by atoms with Crippen LogP contribution in [0, 0.1) is 23.2 Å². The van der Waals surface area contributed by atoms with Crippen LogP contribution in [0.3, 0.4) is 0 Å². The zero-order valence-corrected chi connectivity index (χ0v) is 19.8. The summed E-state index contributed by atoms with van der Waals surface area (Å²) >= 11 is 11.7. The number of nitrogens with one attached hydrogen (secondary N) is 2. The third-order valence-electron chi connectivity index (χ3n) is 7.70. The van der Waals surface area contributed by atoms with E-state index in [0.29, 0.717) is 33.5 Å². The Morgan fingerprint density at radius 3 is 2.48 bits per heavy atom. The lowest BCUT2D eigenvalue weighted by molar-refractivity contribution is -0.127. The number of oxazole rings is 1. The first kappa shape index (κ1) is 21.1. The Balaban J connectivity index is 1.11. The molecule has 4 aliphatic rings. The van der Waals surface area contributed by atoms with E-state index in [-0.39, 0.29) is 11.3 Å². The SMILES string of the molecule is O=C(CC12CC3CC(CC(C3)C1)C2)NC(=S)Nc1ccc2oc(-c3ccccc3Cl)nc2c1. The fraction of sp³-hybridized carbons (Fsp3) is 0.423. The standard InChI is InChI=1S/C26H26ClN3O2S/c27-20-4-2-1-3-19(20)24-29-21-10-18(5-6-22(21)32-24)28-25(33)30-23(31)14-26-11-15-7-16(12-26)9-17(8-15)13-26/h1-6,10,15-17H,7-9,11-14H2,(H2,28,30,31,33). The van der Waals surface area contributed by atoms with Gasteiger partial charge in [-0.15, -0.1) is 0 Å². The molecule has 4 saturated carbocycles. The van der Waals surface area contributed by atoms with Crippen molar-refractivity contribution in [2.45, 2.75) is 44.9 Å². The summed E-state index contributed by atoms with van der Waals surface area (Å²) in [7, 11) is 0. The van der Waals surface area contributed by atoms with Crippen molar-refractivity contribution in [1.29, 1.82) is 0 Å². The van der Waals surface area contributed by atoms with Crippen LogP contribution in [0.1, 0.15) is 44.9 Å². The molecule has 0 spiro atoms. The minimum absolute atomic E-state index is 0.0259. The van der Waals surface area contributed by atoms with E-state index >= 15 is 0 Å². The number of fused-ring (bicyclic) bond motifs is 1. The molecule has 0 atom stereocenters. The van der Waals surface area contributed by atoms with Crippen LogP contribution < -0.4 is 10.6 Å². The number of amides is 1. The molecule has 3 aromatic rings. The van der Waals surface area contributed by atoms with E-state index in [0.717, 1.165) is 29.0 Å². The number of hydrogen-bond donors (Lipinski definition) is 2. The average molecular weight is 480 g/mol. The number of nitrogens with zero attached hydrogens (tertiary/aromatic N) is 1. The largest absolute Gasteiger partial charge is 0.436 e. The Kier molecular flexibility index (Phi) is 5.18. The number of hydrogen-bond acceptors (Lipinski definition) is 4. The van der Waals surface area contributed by atoms with Crippen molar-refractivity contribution in [3.05, 3.63) is 47.5 Å². The van der Waals surface area contributed by atoms with Gasteiger partial charge in [0.2, 0.25) is 11.8 Å². The number of aromatic nitrogens is 1. The number of anilines is 1. The molecule has 4 bridgehead atoms. The molecule has 2 aromatic carbocycles. The number of benzene rings is 2. The van der Waals surface area contributed by atoms with Gasteiger partial charge in [0.05, 0.1) is 10.6 Å². The zero-order chi connectivity index (χ0) is 22.6. The van der Waals surface area contributed by atoms with Crippen LogP contribution in [0.2, 0.25) is 5.02 Å². The van der Waals surface area contributed by atoms with Crippen LogP contribution in [0.15, 0.2) is 46.9 Å². The Morgan fingerprint density at radius 2 is 1.79 bits per heavy atom. The molecule has 1 heterocycles. The Morgan fingerprint density at radius 1 is 1.09 bits per heavy atom. The van der Waals surface area contributed by atoms with Gasteiger partial charge in [0.1, 0.15) is 5.52 Å². The molecule has 0 saturated heterocycles. The maximum atomic E-state index is 12.9. The molecule has 0 radical (unpaired) electrons. The highest BCUT2D eigenvalue weighted by molar-refractivity contribution is 7.80. The normalized spacial score (nSPS) is 27.6. The second-order valence-corrected chi connectivity index (χ2v) is 11.1. The van der Waals surface area contributed by atoms with E-state index in [1.54, 1.807) is 0 Å². The monoisotopic (exact) mass is 479 g/mol. The fourth-order valence-electron chi connectivity index (χ4n) is 6.94. The summed E-state index contributed by atoms with van der Waals surface area (Å²) in [5.41, 5.74) is 3.05. The minimum atomic E-state index is 0.0259. The fourth-order valence-corrected chi connectivity index (χ4v) is 7.38. The molecule has 33 heavy (non-hydrogen) atoms. The number of rotatable bonds is 4. The topological polar surface area (TPSA) is 67.2 Å². The quantitative estimate of drug-likeness (QED) is 0.414. The summed E-state index contributed by atoms with van der Waals surface area (Å²) in [5, 5.41) is 6.94. The molecule has 7 heteroatoms. The molecule has 5 nitrogen and oxygen atoms in total. The Labute approximate surface area is 203 Å². The molecular formula is C26H26ClN3O2S. The molecule has 2 N–H and O–H groups in total. The van der Waals surface area contributed by atoms with Gasteiger partial charge in [0, 0.05) is 12.1 Å². The van der Waals surface area contributed by atoms with E-state index < -0.39 is 0 Å². The second kappa shape index (κ2) is 8.10. The van der Waals surface area contributed by atoms with Gasteiger partial charge in [-0.3, -0.25) is 4.79 Å². The third-order valence-corrected chi connectivity index (χ3v) is 8.24. The molecule has 4 aliphatic carbocycles. The predicted molar refractivity (Wildman–Crippen MR) is 134 cm³/mol. The van der Waals surface area contributed by atoms with E-state index in [1.807, 2.05) is 42.5 Å². The molecule has 1 amide bonds. The molecule has 1 aromatic heterocycles. The van der Waals surface area contributed by atoms with Crippen LogP contribution in [-0.4, -0.2) is 16.0 Å². The highest BCUT2D eigenvalue weighted by Gasteiger charge is 2.51. The van der Waals surface area contributed by atoms with Crippen molar-refractivity contribution < 1.29 is 9.21 Å². The lowest BCUT2D eigenvalue weighted by Gasteiger charge is -2.56. The van der Waals surface area contributed by atoms with Crippen molar-refractivity contribution in [3.63, 3.8) is 0 Å². The van der Waals surface area contributed by atoms with E-state index in [9.17, 15) is 4.79 Å². The molecule has 0 unspecified atom stereocenters. The second-order valence-electron chi connectivity index (χ2n) is 10.3. The predicted octanol–water partition coefficient (Wildman–Crippen LogP) is 6.57. The maximum absolute atomic E-state index is 12.9. The maximum Gasteiger partial charge on any atom is 0.228 e. The van der Waals surface area contributed by atoms with Gasteiger partial charge in [-0.25, -0.2) is 4.98 Å². The van der Waals surface area contributed by atoms with Gasteiger partial charge in [-0.2, -0.15) is 0 Å². The van der Waals surface area contributed by atoms with Crippen LogP contribution >= 0.6 is 23.8 Å². The average Bonchev–Trinajstić information content (AvgIpc) is 3.15. The molecular weight excluding hydrogens is 454 g/mol. The van der Waals surface area contributed by atoms with Gasteiger partial charge in [-0.05, 0) is 104 Å². The minimum Gasteiger partial charge on any atom is -0.436 e. The molecule has 170 valence electrons. The van der Waals surface area contributed by atoms with Crippen LogP contribution in [0.5, 0.6) is 0 Å². The van der Waals surface area contributed by atoms with E-state index in [2.05, 4.69) is 15.6 Å². The van der Waals surface area contributed by atoms with Gasteiger partial charge >= 0.3 is 0 Å². The van der Waals surface area contributed by atoms with Crippen molar-refractivity contribution in [3.8, 4) is 11.5 Å². The summed E-state index contributed by atoms with van der Waals surface area (Å²) < 4.78 is 5.87. The van der Waals surface area contributed by atoms with Crippen molar-refractivity contribution in [2.24, 2.45) is 23.2 Å². The highest BCUT2D eigenvalue weighted by atomic mass is 35.5. The lowest BCUT2D eigenvalue weighted by Crippen LogP contribution is -2.48. The Hall–Kier alpha value is -2.44. The van der Waals surface area contributed by atoms with Crippen molar-refractivity contribution in [1.82, 2.24) is 10.3 Å². The van der Waals surface area contributed by atoms with Crippen LogP contribution in [0.4, 0.5) is 5.69 Å². The zero-order valence-electron chi connectivity index (χ0n) is 18.3. The summed E-state index contributed by atoms with van der Waals surface area (Å²) in [6, 6.07) is 13.0. The molecule has 0 aliphatic heterocycles. The van der Waals surface area contributed by atoms with Crippen LogP contribution in [0.25, 0.3) is 22.6 Å². The first-order valence-electron chi connectivity index (χ1n) is 11.7. The molecule has 4 fully saturated rings. The summed E-state index contributed by atoms with van der Waals surface area (Å²) in [5.74, 6) is 2.99. The summed E-state index contributed by atoms with van der Waals surface area (Å²) in [6.07, 6.45) is 8.36. The smallest absolute Gasteiger partial charge is 0.228 e. The van der Waals surface area contributed by atoms with Gasteiger partial charge < -0.3 is 15.1 Å². The van der Waals surface area contributed by atoms with Crippen LogP contribution in [-0.2, 0) is 4.79 Å². The summed E-state index contributed by atoms with van der Waals surface area (Å²) in [6.45, 7) is 0. The number of thiocarbonyl (C=S) groups is 1. The van der Waals surface area contributed by atoms with Gasteiger partial charge in [-0.1, -0.05) is 23.7 Å².